The molecule has 0 amide bonds. The van der Waals surface area contributed by atoms with Crippen LogP contribution in [-0.2, 0) is 6.42 Å². The molecule has 1 unspecified atom stereocenters. The van der Waals surface area contributed by atoms with Gasteiger partial charge in [-0.3, -0.25) is 9.69 Å². The smallest absolute Gasteiger partial charge is 0.235 e. The Kier molecular flexibility index (Phi) is 3.33. The summed E-state index contributed by atoms with van der Waals surface area (Å²) in [6.45, 7) is 5.53. The Balaban J connectivity index is 2.00. The van der Waals surface area contributed by atoms with Gasteiger partial charge in [-0.05, 0) is 33.2 Å². The molecule has 2 heterocycles. The highest BCUT2D eigenvalue weighted by Crippen LogP contribution is 2.22. The van der Waals surface area contributed by atoms with Gasteiger partial charge in [-0.1, -0.05) is 5.16 Å². The first-order valence-corrected chi connectivity index (χ1v) is 5.74. The van der Waals surface area contributed by atoms with E-state index in [9.17, 15) is 4.79 Å². The normalized spacial score (nSPS) is 21.8. The molecule has 1 fully saturated rings. The van der Waals surface area contributed by atoms with Gasteiger partial charge in [-0.2, -0.15) is 4.98 Å². The standard InChI is InChI=1S/C11H17N3O2/c1-8(2)14-5-3-4-9(14)6-11-12-10(7-15)13-16-11/h7-9H,3-6H2,1-2H3. The lowest BCUT2D eigenvalue weighted by Crippen LogP contribution is -2.36. The topological polar surface area (TPSA) is 59.2 Å². The minimum absolute atomic E-state index is 0.143. The molecule has 0 aliphatic carbocycles. The first-order valence-electron chi connectivity index (χ1n) is 5.74. The minimum atomic E-state index is 0.143. The van der Waals surface area contributed by atoms with E-state index in [2.05, 4.69) is 28.9 Å². The van der Waals surface area contributed by atoms with Crippen LogP contribution in [0, 0.1) is 0 Å². The minimum Gasteiger partial charge on any atom is -0.339 e. The lowest BCUT2D eigenvalue weighted by atomic mass is 10.1. The van der Waals surface area contributed by atoms with Crippen LogP contribution in [0.5, 0.6) is 0 Å². The highest BCUT2D eigenvalue weighted by Gasteiger charge is 2.28. The molecule has 0 aromatic carbocycles. The number of aldehydes is 1. The SMILES string of the molecule is CC(C)N1CCCC1Cc1nc(C=O)no1. The molecule has 1 saturated heterocycles. The van der Waals surface area contributed by atoms with Crippen molar-refractivity contribution in [3.63, 3.8) is 0 Å². The van der Waals surface area contributed by atoms with E-state index >= 15 is 0 Å². The summed E-state index contributed by atoms with van der Waals surface area (Å²) in [6, 6.07) is 1.01. The zero-order chi connectivity index (χ0) is 11.5. The van der Waals surface area contributed by atoms with Crippen molar-refractivity contribution in [3.8, 4) is 0 Å². The van der Waals surface area contributed by atoms with Gasteiger partial charge < -0.3 is 4.52 Å². The van der Waals surface area contributed by atoms with Crippen LogP contribution in [0.15, 0.2) is 4.52 Å². The van der Waals surface area contributed by atoms with Crippen LogP contribution in [0.4, 0.5) is 0 Å². The van der Waals surface area contributed by atoms with Crippen molar-refractivity contribution in [3.05, 3.63) is 11.7 Å². The van der Waals surface area contributed by atoms with Crippen LogP contribution in [0.1, 0.15) is 43.2 Å². The molecule has 1 aromatic rings. The third-order valence-electron chi connectivity index (χ3n) is 3.09. The fraction of sp³-hybridized carbons (Fsp3) is 0.727. The number of hydrogen-bond acceptors (Lipinski definition) is 5. The molecular weight excluding hydrogens is 206 g/mol. The second-order valence-corrected chi connectivity index (χ2v) is 4.50. The Morgan fingerprint density at radius 1 is 1.62 bits per heavy atom. The van der Waals surface area contributed by atoms with Crippen molar-refractivity contribution in [1.82, 2.24) is 15.0 Å². The quantitative estimate of drug-likeness (QED) is 0.720. The molecule has 2 rings (SSSR count). The number of rotatable bonds is 4. The van der Waals surface area contributed by atoms with E-state index in [0.717, 1.165) is 19.4 Å². The predicted molar refractivity (Wildman–Crippen MR) is 58.3 cm³/mol. The maximum absolute atomic E-state index is 10.4. The average molecular weight is 223 g/mol. The lowest BCUT2D eigenvalue weighted by Gasteiger charge is -2.27. The molecule has 5 heteroatoms. The Bertz CT molecular complexity index is 362. The molecule has 0 radical (unpaired) electrons. The number of nitrogens with zero attached hydrogens (tertiary/aromatic N) is 3. The second-order valence-electron chi connectivity index (χ2n) is 4.50. The van der Waals surface area contributed by atoms with Gasteiger partial charge in [0.25, 0.3) is 0 Å². The fourth-order valence-electron chi connectivity index (χ4n) is 2.36. The molecule has 1 aliphatic rings. The van der Waals surface area contributed by atoms with Crippen LogP contribution < -0.4 is 0 Å². The van der Waals surface area contributed by atoms with Crippen molar-refractivity contribution >= 4 is 6.29 Å². The van der Waals surface area contributed by atoms with Gasteiger partial charge in [-0.25, -0.2) is 0 Å². The third kappa shape index (κ3) is 2.29. The highest BCUT2D eigenvalue weighted by molar-refractivity contribution is 5.68. The summed E-state index contributed by atoms with van der Waals surface area (Å²) in [7, 11) is 0. The number of carbonyl (C=O) groups excluding carboxylic acids is 1. The number of likely N-dealkylation sites (tertiary alicyclic amines) is 1. The zero-order valence-electron chi connectivity index (χ0n) is 9.72. The molecule has 1 aromatic heterocycles. The van der Waals surface area contributed by atoms with Gasteiger partial charge in [0.2, 0.25) is 11.7 Å². The van der Waals surface area contributed by atoms with E-state index < -0.39 is 0 Å². The highest BCUT2D eigenvalue weighted by atomic mass is 16.5. The molecule has 0 spiro atoms. The second kappa shape index (κ2) is 4.74. The Morgan fingerprint density at radius 3 is 3.06 bits per heavy atom. The fourth-order valence-corrected chi connectivity index (χ4v) is 2.36. The van der Waals surface area contributed by atoms with Crippen LogP contribution in [-0.4, -0.2) is 40.0 Å². The molecule has 88 valence electrons. The van der Waals surface area contributed by atoms with Crippen molar-refractivity contribution < 1.29 is 9.32 Å². The summed E-state index contributed by atoms with van der Waals surface area (Å²) in [4.78, 5) is 16.9. The van der Waals surface area contributed by atoms with Crippen LogP contribution >= 0.6 is 0 Å². The summed E-state index contributed by atoms with van der Waals surface area (Å²) in [5, 5.41) is 3.57. The van der Waals surface area contributed by atoms with Gasteiger partial charge >= 0.3 is 0 Å². The van der Waals surface area contributed by atoms with E-state index in [-0.39, 0.29) is 5.82 Å². The number of aromatic nitrogens is 2. The van der Waals surface area contributed by atoms with E-state index in [0.29, 0.717) is 24.3 Å². The summed E-state index contributed by atoms with van der Waals surface area (Å²) in [6.07, 6.45) is 3.75. The number of hydrogen-bond donors (Lipinski definition) is 0. The summed E-state index contributed by atoms with van der Waals surface area (Å²) >= 11 is 0. The third-order valence-corrected chi connectivity index (χ3v) is 3.09. The van der Waals surface area contributed by atoms with Crippen LogP contribution in [0.3, 0.4) is 0 Å². The first-order chi connectivity index (χ1) is 7.70. The van der Waals surface area contributed by atoms with Crippen molar-refractivity contribution in [2.45, 2.75) is 45.2 Å². The number of carbonyl (C=O) groups is 1. The lowest BCUT2D eigenvalue weighted by molar-refractivity contribution is 0.111. The van der Waals surface area contributed by atoms with Crippen LogP contribution in [0.25, 0.3) is 0 Å². The van der Waals surface area contributed by atoms with Crippen LogP contribution in [0.2, 0.25) is 0 Å². The predicted octanol–water partition coefficient (Wildman–Crippen LogP) is 1.30. The van der Waals surface area contributed by atoms with Gasteiger partial charge in [0, 0.05) is 18.5 Å². The van der Waals surface area contributed by atoms with E-state index in [1.54, 1.807) is 0 Å². The van der Waals surface area contributed by atoms with E-state index in [1.807, 2.05) is 0 Å². The van der Waals surface area contributed by atoms with Gasteiger partial charge in [0.05, 0.1) is 0 Å². The summed E-state index contributed by atoms with van der Waals surface area (Å²) in [5.74, 6) is 0.712. The largest absolute Gasteiger partial charge is 0.339 e. The molecule has 0 N–H and O–H groups in total. The molecular formula is C11H17N3O2. The van der Waals surface area contributed by atoms with Crippen molar-refractivity contribution in [1.29, 1.82) is 0 Å². The summed E-state index contributed by atoms with van der Waals surface area (Å²) < 4.78 is 5.03. The Hall–Kier alpha value is -1.23. The monoisotopic (exact) mass is 223 g/mol. The molecule has 1 atom stereocenters. The van der Waals surface area contributed by atoms with Gasteiger partial charge in [-0.15, -0.1) is 0 Å². The van der Waals surface area contributed by atoms with E-state index in [4.69, 9.17) is 4.52 Å². The molecule has 5 nitrogen and oxygen atoms in total. The maximum atomic E-state index is 10.4. The molecule has 0 bridgehead atoms. The molecule has 0 saturated carbocycles. The van der Waals surface area contributed by atoms with Gasteiger partial charge in [0.15, 0.2) is 6.29 Å². The van der Waals surface area contributed by atoms with Gasteiger partial charge in [0.1, 0.15) is 0 Å². The van der Waals surface area contributed by atoms with Crippen molar-refractivity contribution in [2.24, 2.45) is 0 Å². The maximum Gasteiger partial charge on any atom is 0.235 e. The Morgan fingerprint density at radius 2 is 2.44 bits per heavy atom. The zero-order valence-corrected chi connectivity index (χ0v) is 9.72. The first kappa shape index (κ1) is 11.3. The van der Waals surface area contributed by atoms with E-state index in [1.165, 1.54) is 6.42 Å². The summed E-state index contributed by atoms with van der Waals surface area (Å²) in [5.41, 5.74) is 0. The van der Waals surface area contributed by atoms with Crippen molar-refractivity contribution in [2.75, 3.05) is 6.54 Å². The average Bonchev–Trinajstić information content (AvgIpc) is 2.87. The molecule has 1 aliphatic heterocycles. The molecule has 16 heavy (non-hydrogen) atoms. The Labute approximate surface area is 94.8 Å².